The summed E-state index contributed by atoms with van der Waals surface area (Å²) in [6.07, 6.45) is 4.93. The van der Waals surface area contributed by atoms with E-state index in [1.54, 1.807) is 29.2 Å². The van der Waals surface area contributed by atoms with Gasteiger partial charge in [0.2, 0.25) is 5.91 Å². The Morgan fingerprint density at radius 1 is 1.19 bits per heavy atom. The Bertz CT molecular complexity index is 574. The van der Waals surface area contributed by atoms with Crippen LogP contribution in [0.4, 0.5) is 0 Å². The van der Waals surface area contributed by atoms with Gasteiger partial charge in [0.15, 0.2) is 0 Å². The van der Waals surface area contributed by atoms with E-state index in [0.29, 0.717) is 18.7 Å². The van der Waals surface area contributed by atoms with E-state index in [4.69, 9.17) is 4.74 Å². The highest BCUT2D eigenvalue weighted by atomic mass is 16.5. The molecule has 1 aliphatic heterocycles. The van der Waals surface area contributed by atoms with Crippen molar-refractivity contribution in [2.75, 3.05) is 32.8 Å². The summed E-state index contributed by atoms with van der Waals surface area (Å²) in [6.45, 7) is 7.81. The first-order chi connectivity index (χ1) is 12.6. The van der Waals surface area contributed by atoms with Crippen LogP contribution in [0.2, 0.25) is 0 Å². The second-order valence-electron chi connectivity index (χ2n) is 6.90. The number of nitrogens with one attached hydrogen (secondary N) is 3. The first-order valence-electron chi connectivity index (χ1n) is 9.72. The van der Waals surface area contributed by atoms with Crippen LogP contribution >= 0.6 is 0 Å². The molecule has 1 aromatic carbocycles. The molecule has 1 heterocycles. The zero-order valence-corrected chi connectivity index (χ0v) is 16.0. The van der Waals surface area contributed by atoms with Gasteiger partial charge in [0.25, 0.3) is 5.91 Å². The van der Waals surface area contributed by atoms with E-state index < -0.39 is 0 Å². The van der Waals surface area contributed by atoms with E-state index in [2.05, 4.69) is 17.6 Å². The Kier molecular flexibility index (Phi) is 8.41. The van der Waals surface area contributed by atoms with Crippen molar-refractivity contribution in [1.29, 1.82) is 0 Å². The fraction of sp³-hybridized carbons (Fsp3) is 0.600. The van der Waals surface area contributed by atoms with Gasteiger partial charge in [-0.2, -0.15) is 0 Å². The van der Waals surface area contributed by atoms with E-state index in [1.807, 2.05) is 6.92 Å². The zero-order chi connectivity index (χ0) is 18.8. The molecular formula is C20H32N3O3+. The number of quaternary nitrogens is 1. The lowest BCUT2D eigenvalue weighted by Crippen LogP contribution is -3.16. The molecule has 0 bridgehead atoms. The van der Waals surface area contributed by atoms with E-state index in [0.717, 1.165) is 24.8 Å². The maximum absolute atomic E-state index is 12.1. The molecule has 1 aromatic rings. The number of benzene rings is 1. The Balaban J connectivity index is 1.61. The Morgan fingerprint density at radius 2 is 1.96 bits per heavy atom. The molecule has 0 radical (unpaired) electrons. The predicted molar refractivity (Wildman–Crippen MR) is 102 cm³/mol. The average molecular weight is 362 g/mol. The summed E-state index contributed by atoms with van der Waals surface area (Å²) in [7, 11) is 0. The lowest BCUT2D eigenvalue weighted by Gasteiger charge is -2.30. The molecule has 1 aliphatic rings. The zero-order valence-electron chi connectivity index (χ0n) is 16.0. The largest absolute Gasteiger partial charge is 0.494 e. The summed E-state index contributed by atoms with van der Waals surface area (Å²) >= 11 is 0. The topological polar surface area (TPSA) is 71.9 Å². The van der Waals surface area contributed by atoms with E-state index >= 15 is 0 Å². The van der Waals surface area contributed by atoms with E-state index in [1.165, 1.54) is 25.8 Å². The first kappa shape index (κ1) is 20.2. The second kappa shape index (κ2) is 10.8. The molecule has 26 heavy (non-hydrogen) atoms. The molecule has 144 valence electrons. The van der Waals surface area contributed by atoms with Crippen molar-refractivity contribution in [3.63, 3.8) is 0 Å². The minimum atomic E-state index is -0.255. The number of likely N-dealkylation sites (tertiary alicyclic amines) is 1. The fourth-order valence-electron chi connectivity index (χ4n) is 3.36. The highest BCUT2D eigenvalue weighted by Gasteiger charge is 2.20. The van der Waals surface area contributed by atoms with Gasteiger partial charge in [-0.05, 0) is 57.4 Å². The lowest BCUT2D eigenvalue weighted by molar-refractivity contribution is -0.928. The molecule has 2 amide bonds. The van der Waals surface area contributed by atoms with Crippen molar-refractivity contribution in [3.8, 4) is 5.75 Å². The summed E-state index contributed by atoms with van der Waals surface area (Å²) in [4.78, 5) is 25.6. The molecule has 0 spiro atoms. The molecule has 0 aliphatic carbocycles. The minimum absolute atomic E-state index is 0.000973. The van der Waals surface area contributed by atoms with Gasteiger partial charge < -0.3 is 20.3 Å². The van der Waals surface area contributed by atoms with E-state index in [-0.39, 0.29) is 18.4 Å². The highest BCUT2D eigenvalue weighted by molar-refractivity contribution is 5.96. The molecule has 2 atom stereocenters. The molecule has 6 heteroatoms. The summed E-state index contributed by atoms with van der Waals surface area (Å²) in [6, 6.07) is 7.62. The smallest absolute Gasteiger partial charge is 0.251 e. The summed E-state index contributed by atoms with van der Waals surface area (Å²) in [5, 5.41) is 5.53. The summed E-state index contributed by atoms with van der Waals surface area (Å²) < 4.78 is 5.35. The molecule has 3 N–H and O–H groups in total. The van der Waals surface area contributed by atoms with E-state index in [9.17, 15) is 9.59 Å². The summed E-state index contributed by atoms with van der Waals surface area (Å²) in [5.41, 5.74) is 0.518. The van der Waals surface area contributed by atoms with Crippen LogP contribution in [0.5, 0.6) is 5.75 Å². The summed E-state index contributed by atoms with van der Waals surface area (Å²) in [5.74, 6) is 0.327. The van der Waals surface area contributed by atoms with Crippen molar-refractivity contribution in [3.05, 3.63) is 29.8 Å². The number of hydrogen-bond donors (Lipinski definition) is 3. The van der Waals surface area contributed by atoms with Crippen LogP contribution in [0.25, 0.3) is 0 Å². The van der Waals surface area contributed by atoms with Crippen LogP contribution in [0.1, 0.15) is 49.9 Å². The Morgan fingerprint density at radius 3 is 2.65 bits per heavy atom. The van der Waals surface area contributed by atoms with Crippen LogP contribution in [0.3, 0.4) is 0 Å². The van der Waals surface area contributed by atoms with Crippen molar-refractivity contribution in [2.45, 2.75) is 45.6 Å². The quantitative estimate of drug-likeness (QED) is 0.569. The number of rotatable bonds is 9. The van der Waals surface area contributed by atoms with Gasteiger partial charge in [-0.3, -0.25) is 9.59 Å². The Labute approximate surface area is 156 Å². The number of amides is 2. The van der Waals surface area contributed by atoms with Crippen LogP contribution in [-0.4, -0.2) is 50.6 Å². The molecule has 0 saturated carbocycles. The third-order valence-electron chi connectivity index (χ3n) is 4.92. The van der Waals surface area contributed by atoms with Crippen LogP contribution in [-0.2, 0) is 4.79 Å². The SMILES string of the molecule is CCOc1ccc(C(=O)NCC(=O)NCCC[NH+]2CCCC[C@@H]2C)cc1. The third-order valence-corrected chi connectivity index (χ3v) is 4.92. The van der Waals surface area contributed by atoms with Gasteiger partial charge in [-0.15, -0.1) is 0 Å². The van der Waals surface area contributed by atoms with Gasteiger partial charge >= 0.3 is 0 Å². The normalized spacial score (nSPS) is 19.6. The molecule has 1 unspecified atom stereocenters. The van der Waals surface area contributed by atoms with Gasteiger partial charge in [0.1, 0.15) is 5.75 Å². The van der Waals surface area contributed by atoms with Crippen molar-refractivity contribution in [1.82, 2.24) is 10.6 Å². The van der Waals surface area contributed by atoms with Gasteiger partial charge in [0, 0.05) is 18.5 Å². The average Bonchev–Trinajstić information content (AvgIpc) is 2.65. The lowest BCUT2D eigenvalue weighted by atomic mass is 10.0. The Hall–Kier alpha value is -2.08. The second-order valence-corrected chi connectivity index (χ2v) is 6.90. The van der Waals surface area contributed by atoms with Crippen LogP contribution in [0.15, 0.2) is 24.3 Å². The molecular weight excluding hydrogens is 330 g/mol. The number of hydrogen-bond acceptors (Lipinski definition) is 3. The van der Waals surface area contributed by atoms with Crippen molar-refractivity contribution < 1.29 is 19.2 Å². The molecule has 0 aromatic heterocycles. The standard InChI is InChI=1S/C20H31N3O3/c1-3-26-18-10-8-17(9-11-18)20(25)22-15-19(24)21-12-6-14-23-13-5-4-7-16(23)2/h8-11,16H,3-7,12-15H2,1-2H3,(H,21,24)(H,22,25)/p+1/t16-/m0/s1. The third kappa shape index (κ3) is 6.67. The number of carbonyl (C=O) groups excluding carboxylic acids is 2. The van der Waals surface area contributed by atoms with Gasteiger partial charge in [0.05, 0.1) is 32.3 Å². The molecule has 1 saturated heterocycles. The number of carbonyl (C=O) groups is 2. The van der Waals surface area contributed by atoms with Gasteiger partial charge in [-0.1, -0.05) is 0 Å². The maximum Gasteiger partial charge on any atom is 0.251 e. The molecule has 6 nitrogen and oxygen atoms in total. The van der Waals surface area contributed by atoms with Crippen molar-refractivity contribution in [2.24, 2.45) is 0 Å². The van der Waals surface area contributed by atoms with Gasteiger partial charge in [-0.25, -0.2) is 0 Å². The fourth-order valence-corrected chi connectivity index (χ4v) is 3.36. The first-order valence-corrected chi connectivity index (χ1v) is 9.72. The number of piperidine rings is 1. The molecule has 2 rings (SSSR count). The monoisotopic (exact) mass is 362 g/mol. The van der Waals surface area contributed by atoms with Crippen molar-refractivity contribution >= 4 is 11.8 Å². The number of ether oxygens (including phenoxy) is 1. The predicted octanol–water partition coefficient (Wildman–Crippen LogP) is 0.779. The highest BCUT2D eigenvalue weighted by Crippen LogP contribution is 2.11. The molecule has 1 fully saturated rings. The van der Waals surface area contributed by atoms with Crippen LogP contribution < -0.4 is 20.3 Å². The van der Waals surface area contributed by atoms with Crippen LogP contribution in [0, 0.1) is 0 Å². The maximum atomic E-state index is 12.1. The minimum Gasteiger partial charge on any atom is -0.494 e.